The number of aryl methyl sites for hydroxylation is 1. The molecule has 0 atom stereocenters. The average Bonchev–Trinajstić information content (AvgIpc) is 3.02. The topological polar surface area (TPSA) is 12.0 Å². The highest BCUT2D eigenvalue weighted by atomic mass is 14.9. The fourth-order valence-electron chi connectivity index (χ4n) is 1.98. The minimum atomic E-state index is 0.830. The fraction of sp³-hybridized carbons (Fsp3) is 0.571. The normalized spacial score (nSPS) is 15.7. The lowest BCUT2D eigenvalue weighted by Crippen LogP contribution is -2.19. The fourth-order valence-corrected chi connectivity index (χ4v) is 1.98. The van der Waals surface area contributed by atoms with Gasteiger partial charge < -0.3 is 5.32 Å². The minimum absolute atomic E-state index is 0.830. The molecular formula is C14H21N. The molecule has 0 bridgehead atoms. The van der Waals surface area contributed by atoms with Gasteiger partial charge in [-0.3, -0.25) is 0 Å². The molecule has 0 spiro atoms. The van der Waals surface area contributed by atoms with E-state index in [9.17, 15) is 0 Å². The Morgan fingerprint density at radius 3 is 2.53 bits per heavy atom. The van der Waals surface area contributed by atoms with Crippen LogP contribution < -0.4 is 5.32 Å². The van der Waals surface area contributed by atoms with E-state index in [0.29, 0.717) is 0 Å². The standard InChI is InChI=1S/C14H21N/c1-10-4-5-13(12(3)11(10)2)8-9-15-14-6-7-14/h4-5,14-15H,6-9H2,1-3H3. The third-order valence-corrected chi connectivity index (χ3v) is 3.57. The maximum absolute atomic E-state index is 3.57. The Balaban J connectivity index is 1.97. The van der Waals surface area contributed by atoms with Gasteiger partial charge in [0.05, 0.1) is 0 Å². The molecule has 1 aliphatic rings. The van der Waals surface area contributed by atoms with Crippen LogP contribution in [0.4, 0.5) is 0 Å². The van der Waals surface area contributed by atoms with Crippen molar-refractivity contribution in [3.8, 4) is 0 Å². The van der Waals surface area contributed by atoms with Crippen LogP contribution in [0.5, 0.6) is 0 Å². The van der Waals surface area contributed by atoms with Crippen molar-refractivity contribution in [1.29, 1.82) is 0 Å². The summed E-state index contributed by atoms with van der Waals surface area (Å²) in [5, 5.41) is 3.57. The number of rotatable bonds is 4. The van der Waals surface area contributed by atoms with Crippen LogP contribution >= 0.6 is 0 Å². The number of benzene rings is 1. The van der Waals surface area contributed by atoms with E-state index in [4.69, 9.17) is 0 Å². The van der Waals surface area contributed by atoms with Crippen molar-refractivity contribution in [3.63, 3.8) is 0 Å². The lowest BCUT2D eigenvalue weighted by atomic mass is 9.97. The lowest BCUT2D eigenvalue weighted by molar-refractivity contribution is 0.680. The van der Waals surface area contributed by atoms with Gasteiger partial charge in [-0.1, -0.05) is 12.1 Å². The molecule has 1 aromatic rings. The predicted octanol–water partition coefficient (Wildman–Crippen LogP) is 2.91. The van der Waals surface area contributed by atoms with E-state index < -0.39 is 0 Å². The van der Waals surface area contributed by atoms with Gasteiger partial charge >= 0.3 is 0 Å². The van der Waals surface area contributed by atoms with Crippen LogP contribution in [0.2, 0.25) is 0 Å². The molecule has 0 heterocycles. The molecular weight excluding hydrogens is 182 g/mol. The molecule has 0 saturated heterocycles. The van der Waals surface area contributed by atoms with Crippen LogP contribution in [-0.4, -0.2) is 12.6 Å². The van der Waals surface area contributed by atoms with Crippen LogP contribution in [0.15, 0.2) is 12.1 Å². The third-order valence-electron chi connectivity index (χ3n) is 3.57. The molecule has 0 aliphatic heterocycles. The second kappa shape index (κ2) is 4.36. The minimum Gasteiger partial charge on any atom is -0.314 e. The van der Waals surface area contributed by atoms with Gasteiger partial charge in [0.1, 0.15) is 0 Å². The molecule has 1 saturated carbocycles. The Labute approximate surface area is 92.9 Å². The zero-order chi connectivity index (χ0) is 10.8. The summed E-state index contributed by atoms with van der Waals surface area (Å²) in [6.07, 6.45) is 3.93. The monoisotopic (exact) mass is 203 g/mol. The Morgan fingerprint density at radius 2 is 1.87 bits per heavy atom. The van der Waals surface area contributed by atoms with Gasteiger partial charge in [-0.2, -0.15) is 0 Å². The Morgan fingerprint density at radius 1 is 1.13 bits per heavy atom. The number of hydrogen-bond acceptors (Lipinski definition) is 1. The molecule has 1 aliphatic carbocycles. The van der Waals surface area contributed by atoms with Gasteiger partial charge in [0.2, 0.25) is 0 Å². The van der Waals surface area contributed by atoms with Crippen molar-refractivity contribution in [3.05, 3.63) is 34.4 Å². The van der Waals surface area contributed by atoms with E-state index in [1.54, 1.807) is 0 Å². The summed E-state index contributed by atoms with van der Waals surface area (Å²) >= 11 is 0. The zero-order valence-corrected chi connectivity index (χ0v) is 10.1. The summed E-state index contributed by atoms with van der Waals surface area (Å²) < 4.78 is 0. The van der Waals surface area contributed by atoms with Crippen molar-refractivity contribution < 1.29 is 0 Å². The smallest absolute Gasteiger partial charge is 0.00683 e. The summed E-state index contributed by atoms with van der Waals surface area (Å²) in [6.45, 7) is 7.79. The number of hydrogen-bond donors (Lipinski definition) is 1. The van der Waals surface area contributed by atoms with E-state index in [-0.39, 0.29) is 0 Å². The summed E-state index contributed by atoms with van der Waals surface area (Å²) in [5.41, 5.74) is 5.85. The number of nitrogens with one attached hydrogen (secondary N) is 1. The first kappa shape index (κ1) is 10.7. The Bertz CT molecular complexity index is 351. The van der Waals surface area contributed by atoms with Gasteiger partial charge in [0.15, 0.2) is 0 Å². The maximum atomic E-state index is 3.57. The second-order valence-corrected chi connectivity index (χ2v) is 4.77. The summed E-state index contributed by atoms with van der Waals surface area (Å²) in [6, 6.07) is 5.36. The van der Waals surface area contributed by atoms with Crippen molar-refractivity contribution in [2.45, 2.75) is 46.1 Å². The molecule has 82 valence electrons. The molecule has 1 heteroatoms. The van der Waals surface area contributed by atoms with E-state index >= 15 is 0 Å². The summed E-state index contributed by atoms with van der Waals surface area (Å²) in [5.74, 6) is 0. The van der Waals surface area contributed by atoms with Crippen LogP contribution in [0.25, 0.3) is 0 Å². The van der Waals surface area contributed by atoms with Crippen molar-refractivity contribution in [2.24, 2.45) is 0 Å². The van der Waals surface area contributed by atoms with Crippen molar-refractivity contribution in [2.75, 3.05) is 6.54 Å². The molecule has 0 amide bonds. The van der Waals surface area contributed by atoms with Crippen LogP contribution in [0.3, 0.4) is 0 Å². The molecule has 15 heavy (non-hydrogen) atoms. The quantitative estimate of drug-likeness (QED) is 0.793. The van der Waals surface area contributed by atoms with Gasteiger partial charge in [-0.25, -0.2) is 0 Å². The summed E-state index contributed by atoms with van der Waals surface area (Å²) in [7, 11) is 0. The van der Waals surface area contributed by atoms with E-state index in [2.05, 4.69) is 38.2 Å². The van der Waals surface area contributed by atoms with Crippen molar-refractivity contribution in [1.82, 2.24) is 5.32 Å². The molecule has 1 aromatic carbocycles. The molecule has 2 rings (SSSR count). The molecule has 0 aromatic heterocycles. The highest BCUT2D eigenvalue weighted by Crippen LogP contribution is 2.20. The highest BCUT2D eigenvalue weighted by Gasteiger charge is 2.19. The molecule has 0 unspecified atom stereocenters. The third kappa shape index (κ3) is 2.60. The van der Waals surface area contributed by atoms with Crippen LogP contribution in [-0.2, 0) is 6.42 Å². The first-order valence-corrected chi connectivity index (χ1v) is 5.97. The predicted molar refractivity (Wildman–Crippen MR) is 65.4 cm³/mol. The molecule has 1 nitrogen and oxygen atoms in total. The average molecular weight is 203 g/mol. The zero-order valence-electron chi connectivity index (χ0n) is 10.1. The first-order valence-electron chi connectivity index (χ1n) is 5.97. The first-order chi connectivity index (χ1) is 7.18. The second-order valence-electron chi connectivity index (χ2n) is 4.77. The van der Waals surface area contributed by atoms with E-state index in [1.807, 2.05) is 0 Å². The van der Waals surface area contributed by atoms with E-state index in [0.717, 1.165) is 12.6 Å². The molecule has 1 fully saturated rings. The Hall–Kier alpha value is -0.820. The van der Waals surface area contributed by atoms with E-state index in [1.165, 1.54) is 41.5 Å². The summed E-state index contributed by atoms with van der Waals surface area (Å²) in [4.78, 5) is 0. The molecule has 0 radical (unpaired) electrons. The maximum Gasteiger partial charge on any atom is 0.00683 e. The lowest BCUT2D eigenvalue weighted by Gasteiger charge is -2.11. The van der Waals surface area contributed by atoms with Crippen LogP contribution in [0.1, 0.15) is 35.1 Å². The Kier molecular flexibility index (Phi) is 3.11. The van der Waals surface area contributed by atoms with Gasteiger partial charge in [0.25, 0.3) is 0 Å². The van der Waals surface area contributed by atoms with Gasteiger partial charge in [-0.15, -0.1) is 0 Å². The van der Waals surface area contributed by atoms with Gasteiger partial charge in [0, 0.05) is 6.04 Å². The largest absolute Gasteiger partial charge is 0.314 e. The highest BCUT2D eigenvalue weighted by molar-refractivity contribution is 5.38. The van der Waals surface area contributed by atoms with Gasteiger partial charge in [-0.05, 0) is 68.8 Å². The van der Waals surface area contributed by atoms with Crippen LogP contribution in [0, 0.1) is 20.8 Å². The SMILES string of the molecule is Cc1ccc(CCNC2CC2)c(C)c1C. The molecule has 1 N–H and O–H groups in total. The van der Waals surface area contributed by atoms with Crippen molar-refractivity contribution >= 4 is 0 Å².